The molecule has 0 unspecified atom stereocenters. The molecule has 6 heteroatoms. The molecule has 0 aromatic rings. The number of carbonyl (C=O) groups is 2. The van der Waals surface area contributed by atoms with Crippen molar-refractivity contribution in [3.05, 3.63) is 0 Å². The quantitative estimate of drug-likeness (QED) is 0.501. The first kappa shape index (κ1) is 19.2. The van der Waals surface area contributed by atoms with Gasteiger partial charge in [-0.1, -0.05) is 0 Å². The number of aliphatic carboxylic acids is 1. The van der Waals surface area contributed by atoms with E-state index in [1.54, 1.807) is 14.2 Å². The molecule has 0 amide bonds. The van der Waals surface area contributed by atoms with Crippen LogP contribution in [-0.4, -0.2) is 51.1 Å². The number of carbonyl (C=O) groups excluding carboxylic acids is 1. The molecule has 18 heavy (non-hydrogen) atoms. The third kappa shape index (κ3) is 24.2. The maximum absolute atomic E-state index is 10.1. The van der Waals surface area contributed by atoms with Gasteiger partial charge >= 0.3 is 11.9 Å². The first-order chi connectivity index (χ1) is 8.54. The Morgan fingerprint density at radius 2 is 1.50 bits per heavy atom. The van der Waals surface area contributed by atoms with Crippen molar-refractivity contribution in [1.29, 1.82) is 0 Å². The van der Waals surface area contributed by atoms with E-state index in [9.17, 15) is 9.59 Å². The Balaban J connectivity index is 0. The lowest BCUT2D eigenvalue weighted by Gasteiger charge is -1.98. The molecule has 0 radical (unpaired) electrons. The molecule has 1 N–H and O–H groups in total. The second-order valence-corrected chi connectivity index (χ2v) is 3.53. The van der Waals surface area contributed by atoms with Gasteiger partial charge in [0.1, 0.15) is 0 Å². The van der Waals surface area contributed by atoms with Gasteiger partial charge in [-0.15, -0.1) is 0 Å². The van der Waals surface area contributed by atoms with Crippen LogP contribution in [0.4, 0.5) is 0 Å². The first-order valence-corrected chi connectivity index (χ1v) is 5.87. The fourth-order valence-electron chi connectivity index (χ4n) is 0.942. The number of methoxy groups -OCH3 is 2. The number of hydrogen-bond donors (Lipinski definition) is 1. The molecule has 0 aromatic heterocycles. The minimum Gasteiger partial charge on any atom is -0.481 e. The summed E-state index contributed by atoms with van der Waals surface area (Å²) in [5, 5.41) is 8.17. The van der Waals surface area contributed by atoms with Crippen LogP contribution < -0.4 is 0 Å². The maximum Gasteiger partial charge on any atom is 0.303 e. The zero-order valence-corrected chi connectivity index (χ0v) is 11.4. The van der Waals surface area contributed by atoms with Gasteiger partial charge in [0.15, 0.2) is 0 Å². The second kappa shape index (κ2) is 15.9. The van der Waals surface area contributed by atoms with Crippen LogP contribution in [0.1, 0.15) is 32.6 Å². The highest BCUT2D eigenvalue weighted by atomic mass is 16.5. The monoisotopic (exact) mass is 264 g/mol. The van der Waals surface area contributed by atoms with Gasteiger partial charge in [0.2, 0.25) is 0 Å². The van der Waals surface area contributed by atoms with Crippen LogP contribution in [0.15, 0.2) is 0 Å². The third-order valence-electron chi connectivity index (χ3n) is 1.79. The standard InChI is InChI=1S/2C6H12O3/c1-6(7)9-5-3-4-8-2;1-9-5-3-2-4-6(7)8/h3-5H2,1-2H3;2-5H2,1H3,(H,7,8). The highest BCUT2D eigenvalue weighted by molar-refractivity contribution is 5.66. The van der Waals surface area contributed by atoms with Gasteiger partial charge in [0, 0.05) is 47.2 Å². The summed E-state index contributed by atoms with van der Waals surface area (Å²) in [5.74, 6) is -0.961. The number of carboxylic acids is 1. The number of unbranched alkanes of at least 4 members (excludes halogenated alkanes) is 1. The predicted molar refractivity (Wildman–Crippen MR) is 66.5 cm³/mol. The number of ether oxygens (including phenoxy) is 3. The molecule has 0 aliphatic rings. The Morgan fingerprint density at radius 3 is 1.94 bits per heavy atom. The lowest BCUT2D eigenvalue weighted by molar-refractivity contribution is -0.141. The number of carboxylic acid groups (broad SMARTS) is 1. The molecule has 0 bridgehead atoms. The van der Waals surface area contributed by atoms with Crippen LogP contribution in [-0.2, 0) is 23.8 Å². The van der Waals surface area contributed by atoms with Crippen LogP contribution in [0.25, 0.3) is 0 Å². The molecular formula is C12H24O6. The Morgan fingerprint density at radius 1 is 0.944 bits per heavy atom. The highest BCUT2D eigenvalue weighted by Crippen LogP contribution is 1.94. The zero-order chi connectivity index (χ0) is 14.2. The Kier molecular flexibility index (Phi) is 16.9. The van der Waals surface area contributed by atoms with E-state index in [-0.39, 0.29) is 12.4 Å². The van der Waals surface area contributed by atoms with Crippen molar-refractivity contribution in [3.8, 4) is 0 Å². The summed E-state index contributed by atoms with van der Waals surface area (Å²) in [6, 6.07) is 0. The largest absolute Gasteiger partial charge is 0.481 e. The summed E-state index contributed by atoms with van der Waals surface area (Å²) in [5.41, 5.74) is 0. The minimum atomic E-state index is -0.730. The van der Waals surface area contributed by atoms with E-state index in [1.165, 1.54) is 6.92 Å². The van der Waals surface area contributed by atoms with E-state index < -0.39 is 5.97 Å². The maximum atomic E-state index is 10.1. The van der Waals surface area contributed by atoms with Crippen LogP contribution in [0.5, 0.6) is 0 Å². The van der Waals surface area contributed by atoms with Gasteiger partial charge in [-0.2, -0.15) is 0 Å². The molecule has 0 aliphatic heterocycles. The van der Waals surface area contributed by atoms with Gasteiger partial charge in [-0.25, -0.2) is 0 Å². The fraction of sp³-hybridized carbons (Fsp3) is 0.833. The predicted octanol–water partition coefficient (Wildman–Crippen LogP) is 1.47. The van der Waals surface area contributed by atoms with E-state index in [0.717, 1.165) is 12.8 Å². The fourth-order valence-corrected chi connectivity index (χ4v) is 0.942. The first-order valence-electron chi connectivity index (χ1n) is 5.87. The van der Waals surface area contributed by atoms with E-state index in [0.29, 0.717) is 26.2 Å². The van der Waals surface area contributed by atoms with Gasteiger partial charge in [0.05, 0.1) is 6.61 Å². The molecule has 0 aromatic carbocycles. The van der Waals surface area contributed by atoms with Crippen LogP contribution in [0, 0.1) is 0 Å². The van der Waals surface area contributed by atoms with Crippen molar-refractivity contribution < 1.29 is 28.9 Å². The van der Waals surface area contributed by atoms with Gasteiger partial charge in [0.25, 0.3) is 0 Å². The molecule has 108 valence electrons. The molecular weight excluding hydrogens is 240 g/mol. The van der Waals surface area contributed by atoms with Crippen LogP contribution in [0.3, 0.4) is 0 Å². The van der Waals surface area contributed by atoms with Crippen LogP contribution >= 0.6 is 0 Å². The van der Waals surface area contributed by atoms with Crippen molar-refractivity contribution in [2.24, 2.45) is 0 Å². The van der Waals surface area contributed by atoms with E-state index in [4.69, 9.17) is 14.6 Å². The smallest absolute Gasteiger partial charge is 0.303 e. The Labute approximate surface area is 108 Å². The average Bonchev–Trinajstić information content (AvgIpc) is 2.31. The summed E-state index contributed by atoms with van der Waals surface area (Å²) in [4.78, 5) is 20.1. The van der Waals surface area contributed by atoms with Crippen LogP contribution in [0.2, 0.25) is 0 Å². The molecule has 0 saturated heterocycles. The summed E-state index contributed by atoms with van der Waals surface area (Å²) in [7, 11) is 3.23. The molecule has 0 saturated carbocycles. The molecule has 0 fully saturated rings. The summed E-state index contributed by atoms with van der Waals surface area (Å²) in [6.07, 6.45) is 2.57. The lowest BCUT2D eigenvalue weighted by atomic mass is 10.2. The van der Waals surface area contributed by atoms with Gasteiger partial charge < -0.3 is 19.3 Å². The number of rotatable bonds is 9. The van der Waals surface area contributed by atoms with Crippen molar-refractivity contribution in [1.82, 2.24) is 0 Å². The second-order valence-electron chi connectivity index (χ2n) is 3.53. The van der Waals surface area contributed by atoms with E-state index in [1.807, 2.05) is 0 Å². The number of hydrogen-bond acceptors (Lipinski definition) is 5. The van der Waals surface area contributed by atoms with E-state index >= 15 is 0 Å². The normalized spacial score (nSPS) is 9.28. The molecule has 6 nitrogen and oxygen atoms in total. The van der Waals surface area contributed by atoms with Crippen molar-refractivity contribution in [2.75, 3.05) is 34.0 Å². The summed E-state index contributed by atoms with van der Waals surface area (Å²) >= 11 is 0. The Bertz CT molecular complexity index is 183. The van der Waals surface area contributed by atoms with E-state index in [2.05, 4.69) is 4.74 Å². The van der Waals surface area contributed by atoms with Crippen molar-refractivity contribution >= 4 is 11.9 Å². The molecule has 0 heterocycles. The minimum absolute atomic E-state index is 0.230. The van der Waals surface area contributed by atoms with Crippen molar-refractivity contribution in [3.63, 3.8) is 0 Å². The van der Waals surface area contributed by atoms with Gasteiger partial charge in [-0.05, 0) is 12.8 Å². The third-order valence-corrected chi connectivity index (χ3v) is 1.79. The molecule has 0 aliphatic carbocycles. The summed E-state index contributed by atoms with van der Waals surface area (Å²) in [6.45, 7) is 3.16. The van der Waals surface area contributed by atoms with Gasteiger partial charge in [-0.3, -0.25) is 9.59 Å². The molecule has 0 spiro atoms. The summed E-state index contributed by atoms with van der Waals surface area (Å²) < 4.78 is 14.1. The highest BCUT2D eigenvalue weighted by Gasteiger charge is 1.94. The SMILES string of the molecule is COCCCCC(=O)O.COCCCOC(C)=O. The topological polar surface area (TPSA) is 82.1 Å². The number of esters is 1. The molecule has 0 rings (SSSR count). The molecule has 0 atom stereocenters. The lowest BCUT2D eigenvalue weighted by Crippen LogP contribution is -2.02. The Hall–Kier alpha value is -1.14. The average molecular weight is 264 g/mol. The zero-order valence-electron chi connectivity index (χ0n) is 11.4. The van der Waals surface area contributed by atoms with Crippen molar-refractivity contribution in [2.45, 2.75) is 32.6 Å².